The fourth-order valence-electron chi connectivity index (χ4n) is 4.15. The minimum Gasteiger partial charge on any atom is -0.496 e. The molecule has 0 spiro atoms. The Morgan fingerprint density at radius 1 is 1.15 bits per heavy atom. The number of methoxy groups -OCH3 is 1. The van der Waals surface area contributed by atoms with E-state index in [1.54, 1.807) is 7.11 Å². The molecule has 0 heterocycles. The van der Waals surface area contributed by atoms with E-state index in [1.807, 2.05) is 0 Å². The number of hydrogen-bond acceptors (Lipinski definition) is 2. The second-order valence-electron chi connectivity index (χ2n) is 6.56. The first-order valence-corrected chi connectivity index (χ1v) is 7.76. The molecule has 3 aliphatic carbocycles. The molecular weight excluding hydrogens is 246 g/mol. The van der Waals surface area contributed by atoms with Crippen molar-refractivity contribution in [3.63, 3.8) is 0 Å². The fourth-order valence-corrected chi connectivity index (χ4v) is 4.15. The predicted octanol–water partition coefficient (Wildman–Crippen LogP) is 4.37. The second-order valence-corrected chi connectivity index (χ2v) is 6.56. The van der Waals surface area contributed by atoms with Gasteiger partial charge in [0.2, 0.25) is 0 Å². The van der Waals surface area contributed by atoms with Gasteiger partial charge in [-0.3, -0.25) is 0 Å². The zero-order valence-electron chi connectivity index (χ0n) is 12.5. The van der Waals surface area contributed by atoms with Gasteiger partial charge in [-0.1, -0.05) is 19.1 Å². The average Bonchev–Trinajstić information content (AvgIpc) is 2.56. The van der Waals surface area contributed by atoms with E-state index in [9.17, 15) is 5.26 Å². The fraction of sp³-hybridized carbons (Fsp3) is 0.611. The largest absolute Gasteiger partial charge is 0.496 e. The molecule has 0 N–H and O–H groups in total. The van der Waals surface area contributed by atoms with Crippen LogP contribution in [0.25, 0.3) is 0 Å². The van der Waals surface area contributed by atoms with E-state index in [-0.39, 0.29) is 10.8 Å². The van der Waals surface area contributed by atoms with Gasteiger partial charge in [0.05, 0.1) is 18.6 Å². The molecule has 20 heavy (non-hydrogen) atoms. The van der Waals surface area contributed by atoms with E-state index >= 15 is 0 Å². The summed E-state index contributed by atoms with van der Waals surface area (Å²) in [6.45, 7) is 2.20. The van der Waals surface area contributed by atoms with Gasteiger partial charge in [0.25, 0.3) is 0 Å². The monoisotopic (exact) mass is 269 g/mol. The smallest absolute Gasteiger partial charge is 0.122 e. The summed E-state index contributed by atoms with van der Waals surface area (Å²) in [7, 11) is 1.77. The molecule has 0 aromatic heterocycles. The summed E-state index contributed by atoms with van der Waals surface area (Å²) in [6, 6.07) is 9.24. The molecule has 2 bridgehead atoms. The van der Waals surface area contributed by atoms with Crippen molar-refractivity contribution in [1.29, 1.82) is 5.26 Å². The van der Waals surface area contributed by atoms with E-state index < -0.39 is 0 Å². The third-order valence-electron chi connectivity index (χ3n) is 5.73. The zero-order chi connectivity index (χ0) is 14.2. The highest BCUT2D eigenvalue weighted by atomic mass is 16.5. The molecule has 0 saturated heterocycles. The van der Waals surface area contributed by atoms with Crippen molar-refractivity contribution in [3.8, 4) is 11.8 Å². The first-order valence-electron chi connectivity index (χ1n) is 7.76. The lowest BCUT2D eigenvalue weighted by atomic mass is 9.52. The molecule has 4 rings (SSSR count). The quantitative estimate of drug-likeness (QED) is 0.816. The zero-order valence-corrected chi connectivity index (χ0v) is 12.5. The van der Waals surface area contributed by atoms with Gasteiger partial charge < -0.3 is 4.74 Å². The highest BCUT2D eigenvalue weighted by Crippen LogP contribution is 2.58. The lowest BCUT2D eigenvalue weighted by Gasteiger charge is -2.51. The van der Waals surface area contributed by atoms with Crippen LogP contribution in [0.15, 0.2) is 18.2 Å². The van der Waals surface area contributed by atoms with E-state index in [2.05, 4.69) is 31.2 Å². The van der Waals surface area contributed by atoms with Crippen LogP contribution in [-0.4, -0.2) is 7.11 Å². The van der Waals surface area contributed by atoms with Crippen molar-refractivity contribution < 1.29 is 4.74 Å². The van der Waals surface area contributed by atoms with E-state index in [0.717, 1.165) is 50.7 Å². The normalized spacial score (nSPS) is 31.9. The molecule has 3 saturated carbocycles. The summed E-state index contributed by atoms with van der Waals surface area (Å²) in [5.41, 5.74) is 3.02. The van der Waals surface area contributed by atoms with Gasteiger partial charge in [-0.25, -0.2) is 0 Å². The SMILES string of the molecule is CCc1ccc(OC)c(C23CCC(C#N)(CC2)CC3)c1. The molecule has 1 aromatic carbocycles. The number of aryl methyl sites for hydroxylation is 1. The van der Waals surface area contributed by atoms with Gasteiger partial charge in [0, 0.05) is 5.56 Å². The summed E-state index contributed by atoms with van der Waals surface area (Å²) >= 11 is 0. The van der Waals surface area contributed by atoms with Crippen molar-refractivity contribution in [1.82, 2.24) is 0 Å². The van der Waals surface area contributed by atoms with Crippen LogP contribution in [-0.2, 0) is 11.8 Å². The lowest BCUT2D eigenvalue weighted by molar-refractivity contribution is 0.0830. The Morgan fingerprint density at radius 2 is 1.80 bits per heavy atom. The van der Waals surface area contributed by atoms with E-state index in [1.165, 1.54) is 11.1 Å². The maximum Gasteiger partial charge on any atom is 0.122 e. The number of benzene rings is 1. The van der Waals surface area contributed by atoms with Crippen molar-refractivity contribution in [2.75, 3.05) is 7.11 Å². The van der Waals surface area contributed by atoms with Crippen molar-refractivity contribution in [2.45, 2.75) is 57.3 Å². The average molecular weight is 269 g/mol. The molecule has 3 aliphatic rings. The number of rotatable bonds is 3. The molecule has 0 aliphatic heterocycles. The molecule has 3 fully saturated rings. The molecule has 2 nitrogen and oxygen atoms in total. The maximum absolute atomic E-state index is 9.43. The predicted molar refractivity (Wildman–Crippen MR) is 79.8 cm³/mol. The third-order valence-corrected chi connectivity index (χ3v) is 5.73. The first kappa shape index (κ1) is 13.5. The standard InChI is InChI=1S/C18H23NO/c1-3-14-4-5-16(20-2)15(12-14)18-9-6-17(13-19,7-10-18)8-11-18/h4-5,12H,3,6-11H2,1-2H3. The Hall–Kier alpha value is -1.49. The summed E-state index contributed by atoms with van der Waals surface area (Å²) < 4.78 is 5.63. The number of nitrogens with zero attached hydrogens (tertiary/aromatic N) is 1. The molecule has 106 valence electrons. The van der Waals surface area contributed by atoms with Crippen LogP contribution < -0.4 is 4.74 Å². The Bertz CT molecular complexity index is 530. The van der Waals surface area contributed by atoms with Gasteiger partial charge in [-0.2, -0.15) is 5.26 Å². The summed E-state index contributed by atoms with van der Waals surface area (Å²) in [5.74, 6) is 1.04. The Labute approximate surface area is 121 Å². The number of ether oxygens (including phenoxy) is 1. The molecule has 2 heteroatoms. The van der Waals surface area contributed by atoms with Gasteiger partial charge in [0.15, 0.2) is 0 Å². The number of hydrogen-bond donors (Lipinski definition) is 0. The Balaban J connectivity index is 1.99. The third kappa shape index (κ3) is 1.92. The van der Waals surface area contributed by atoms with Crippen molar-refractivity contribution >= 4 is 0 Å². The van der Waals surface area contributed by atoms with Gasteiger partial charge in [-0.05, 0) is 62.0 Å². The topological polar surface area (TPSA) is 33.0 Å². The van der Waals surface area contributed by atoms with Gasteiger partial charge >= 0.3 is 0 Å². The molecule has 1 aromatic rings. The molecule has 0 unspecified atom stereocenters. The molecule has 0 atom stereocenters. The maximum atomic E-state index is 9.43. The van der Waals surface area contributed by atoms with Crippen LogP contribution in [0.1, 0.15) is 56.6 Å². The van der Waals surface area contributed by atoms with E-state index in [4.69, 9.17) is 4.74 Å². The van der Waals surface area contributed by atoms with E-state index in [0.29, 0.717) is 0 Å². The van der Waals surface area contributed by atoms with Crippen LogP contribution in [0.3, 0.4) is 0 Å². The minimum atomic E-state index is -0.0165. The number of nitriles is 1. The Kier molecular flexibility index (Phi) is 3.24. The highest BCUT2D eigenvalue weighted by Gasteiger charge is 2.50. The molecule has 0 radical (unpaired) electrons. The lowest BCUT2D eigenvalue weighted by Crippen LogP contribution is -2.43. The number of fused-ring (bicyclic) bond motifs is 3. The first-order chi connectivity index (χ1) is 9.67. The summed E-state index contributed by atoms with van der Waals surface area (Å²) in [4.78, 5) is 0. The molecule has 0 amide bonds. The van der Waals surface area contributed by atoms with Crippen LogP contribution in [0.2, 0.25) is 0 Å². The Morgan fingerprint density at radius 3 is 2.30 bits per heavy atom. The van der Waals surface area contributed by atoms with Gasteiger partial charge in [0.1, 0.15) is 5.75 Å². The van der Waals surface area contributed by atoms with Crippen molar-refractivity contribution in [3.05, 3.63) is 29.3 Å². The van der Waals surface area contributed by atoms with Crippen LogP contribution in [0.5, 0.6) is 5.75 Å². The van der Waals surface area contributed by atoms with Gasteiger partial charge in [-0.15, -0.1) is 0 Å². The highest BCUT2D eigenvalue weighted by molar-refractivity contribution is 5.44. The summed E-state index contributed by atoms with van der Waals surface area (Å²) in [5, 5.41) is 9.43. The van der Waals surface area contributed by atoms with Crippen molar-refractivity contribution in [2.24, 2.45) is 5.41 Å². The van der Waals surface area contributed by atoms with Crippen LogP contribution >= 0.6 is 0 Å². The van der Waals surface area contributed by atoms with Crippen LogP contribution in [0.4, 0.5) is 0 Å². The minimum absolute atomic E-state index is 0.0165. The molecular formula is C18H23NO. The summed E-state index contributed by atoms with van der Waals surface area (Å²) in [6.07, 6.45) is 7.67. The second kappa shape index (κ2) is 4.81. The van der Waals surface area contributed by atoms with Crippen LogP contribution in [0, 0.1) is 16.7 Å².